The van der Waals surface area contributed by atoms with Crippen molar-refractivity contribution in [3.63, 3.8) is 0 Å². The zero-order chi connectivity index (χ0) is 14.6. The van der Waals surface area contributed by atoms with Gasteiger partial charge in [0.05, 0.1) is 6.26 Å². The summed E-state index contributed by atoms with van der Waals surface area (Å²) in [6.45, 7) is 0.973. The minimum absolute atomic E-state index is 0.0226. The monoisotopic (exact) mass is 296 g/mol. The number of hydrogen-bond acceptors (Lipinski definition) is 3. The molecule has 0 aromatic heterocycles. The number of carbonyl (C=O) groups is 1. The molecule has 1 amide bonds. The number of likely N-dealkylation sites (tertiary alicyclic amines) is 1. The topological polar surface area (TPSA) is 66.5 Å². The molecule has 1 aromatic rings. The fraction of sp³-hybridized carbons (Fsp3) is 0.500. The van der Waals surface area contributed by atoms with Crippen LogP contribution in [0.3, 0.4) is 0 Å². The number of sulfonamides is 1. The van der Waals surface area contributed by atoms with E-state index < -0.39 is 10.0 Å². The maximum atomic E-state index is 12.5. The number of nitrogens with one attached hydrogen (secondary N) is 1. The highest BCUT2D eigenvalue weighted by molar-refractivity contribution is 7.88. The van der Waals surface area contributed by atoms with Crippen LogP contribution in [0.2, 0.25) is 0 Å². The molecule has 1 N–H and O–H groups in total. The second kappa shape index (κ2) is 6.37. The molecule has 1 aliphatic heterocycles. The lowest BCUT2D eigenvalue weighted by atomic mass is 10.0. The average molecular weight is 296 g/mol. The van der Waals surface area contributed by atoms with E-state index in [-0.39, 0.29) is 18.5 Å². The third-order valence-corrected chi connectivity index (χ3v) is 4.18. The number of piperidine rings is 1. The molecule has 20 heavy (non-hydrogen) atoms. The van der Waals surface area contributed by atoms with E-state index in [9.17, 15) is 13.2 Å². The highest BCUT2D eigenvalue weighted by Gasteiger charge is 2.27. The Morgan fingerprint density at radius 3 is 2.65 bits per heavy atom. The fourth-order valence-electron chi connectivity index (χ4n) is 2.47. The van der Waals surface area contributed by atoms with E-state index in [1.807, 2.05) is 18.2 Å². The van der Waals surface area contributed by atoms with Crippen molar-refractivity contribution in [3.05, 3.63) is 35.9 Å². The lowest BCUT2D eigenvalue weighted by Gasteiger charge is -2.35. The van der Waals surface area contributed by atoms with Gasteiger partial charge < -0.3 is 4.90 Å². The molecule has 1 aromatic carbocycles. The molecule has 1 unspecified atom stereocenters. The normalized spacial score (nSPS) is 19.9. The van der Waals surface area contributed by atoms with Crippen LogP contribution in [0.1, 0.15) is 29.6 Å². The van der Waals surface area contributed by atoms with Gasteiger partial charge in [0, 0.05) is 24.7 Å². The second-order valence-corrected chi connectivity index (χ2v) is 6.97. The molecule has 0 bridgehead atoms. The first kappa shape index (κ1) is 15.0. The summed E-state index contributed by atoms with van der Waals surface area (Å²) in [4.78, 5) is 14.3. The van der Waals surface area contributed by atoms with Gasteiger partial charge >= 0.3 is 0 Å². The molecule has 1 heterocycles. The average Bonchev–Trinajstić information content (AvgIpc) is 2.45. The van der Waals surface area contributed by atoms with Crippen LogP contribution in [-0.4, -0.2) is 44.6 Å². The molecule has 1 atom stereocenters. The maximum absolute atomic E-state index is 12.5. The molecule has 0 saturated carbocycles. The van der Waals surface area contributed by atoms with Crippen molar-refractivity contribution in [2.75, 3.05) is 19.3 Å². The van der Waals surface area contributed by atoms with Crippen molar-refractivity contribution in [3.8, 4) is 0 Å². The van der Waals surface area contributed by atoms with Crippen LogP contribution < -0.4 is 4.72 Å². The van der Waals surface area contributed by atoms with Crippen LogP contribution in [0.5, 0.6) is 0 Å². The quantitative estimate of drug-likeness (QED) is 0.909. The van der Waals surface area contributed by atoms with Crippen LogP contribution >= 0.6 is 0 Å². The van der Waals surface area contributed by atoms with E-state index in [2.05, 4.69) is 4.72 Å². The van der Waals surface area contributed by atoms with Gasteiger partial charge in [0.15, 0.2) is 0 Å². The van der Waals surface area contributed by atoms with Crippen LogP contribution in [-0.2, 0) is 10.0 Å². The largest absolute Gasteiger partial charge is 0.334 e. The van der Waals surface area contributed by atoms with Gasteiger partial charge in [-0.05, 0) is 31.4 Å². The number of rotatable bonds is 4. The molecule has 1 aliphatic rings. The standard InChI is InChI=1S/C14H20N2O3S/c1-20(18,19)15-11-13-9-5-6-10-16(13)14(17)12-7-3-2-4-8-12/h2-4,7-8,13,15H,5-6,9-11H2,1H3. The molecular weight excluding hydrogens is 276 g/mol. The Kier molecular flexibility index (Phi) is 4.77. The van der Waals surface area contributed by atoms with Crippen molar-refractivity contribution >= 4 is 15.9 Å². The third-order valence-electron chi connectivity index (χ3n) is 3.49. The molecule has 2 rings (SSSR count). The fourth-order valence-corrected chi connectivity index (χ4v) is 2.97. The summed E-state index contributed by atoms with van der Waals surface area (Å²) in [7, 11) is -3.23. The zero-order valence-electron chi connectivity index (χ0n) is 11.6. The van der Waals surface area contributed by atoms with E-state index in [4.69, 9.17) is 0 Å². The van der Waals surface area contributed by atoms with Gasteiger partial charge in [0.2, 0.25) is 10.0 Å². The molecule has 0 spiro atoms. The van der Waals surface area contributed by atoms with Gasteiger partial charge in [-0.2, -0.15) is 0 Å². The number of nitrogens with zero attached hydrogens (tertiary/aromatic N) is 1. The van der Waals surface area contributed by atoms with E-state index in [1.165, 1.54) is 0 Å². The summed E-state index contributed by atoms with van der Waals surface area (Å²) < 4.78 is 24.9. The van der Waals surface area contributed by atoms with Gasteiger partial charge in [-0.3, -0.25) is 4.79 Å². The Morgan fingerprint density at radius 2 is 2.00 bits per heavy atom. The Labute approximate surface area is 120 Å². The first-order valence-electron chi connectivity index (χ1n) is 6.78. The lowest BCUT2D eigenvalue weighted by molar-refractivity contribution is 0.0619. The van der Waals surface area contributed by atoms with Crippen LogP contribution in [0, 0.1) is 0 Å². The number of amides is 1. The summed E-state index contributed by atoms with van der Waals surface area (Å²) in [6.07, 6.45) is 3.96. The summed E-state index contributed by atoms with van der Waals surface area (Å²) in [5.74, 6) is -0.0226. The number of benzene rings is 1. The number of carbonyl (C=O) groups excluding carboxylic acids is 1. The van der Waals surface area contributed by atoms with Crippen molar-refractivity contribution < 1.29 is 13.2 Å². The van der Waals surface area contributed by atoms with E-state index in [0.29, 0.717) is 12.1 Å². The third kappa shape index (κ3) is 4.05. The molecule has 110 valence electrons. The van der Waals surface area contributed by atoms with Crippen molar-refractivity contribution in [2.24, 2.45) is 0 Å². The van der Waals surface area contributed by atoms with E-state index >= 15 is 0 Å². The Bertz CT molecular complexity index is 557. The minimum atomic E-state index is -3.23. The van der Waals surface area contributed by atoms with Gasteiger partial charge in [0.1, 0.15) is 0 Å². The summed E-state index contributed by atoms with van der Waals surface area (Å²) in [6, 6.07) is 9.05. The summed E-state index contributed by atoms with van der Waals surface area (Å²) in [5, 5.41) is 0. The van der Waals surface area contributed by atoms with Gasteiger partial charge in [-0.15, -0.1) is 0 Å². The second-order valence-electron chi connectivity index (χ2n) is 5.13. The predicted octanol–water partition coefficient (Wildman–Crippen LogP) is 1.23. The van der Waals surface area contributed by atoms with Crippen LogP contribution in [0.4, 0.5) is 0 Å². The van der Waals surface area contributed by atoms with E-state index in [0.717, 1.165) is 25.5 Å². The molecule has 1 fully saturated rings. The summed E-state index contributed by atoms with van der Waals surface area (Å²) >= 11 is 0. The maximum Gasteiger partial charge on any atom is 0.254 e. The smallest absolute Gasteiger partial charge is 0.254 e. The minimum Gasteiger partial charge on any atom is -0.334 e. The number of hydrogen-bond donors (Lipinski definition) is 1. The Hall–Kier alpha value is -1.40. The van der Waals surface area contributed by atoms with Crippen LogP contribution in [0.15, 0.2) is 30.3 Å². The van der Waals surface area contributed by atoms with Gasteiger partial charge in [0.25, 0.3) is 5.91 Å². The van der Waals surface area contributed by atoms with Crippen molar-refractivity contribution in [1.29, 1.82) is 0 Å². The van der Waals surface area contributed by atoms with Crippen molar-refractivity contribution in [1.82, 2.24) is 9.62 Å². The molecule has 6 heteroatoms. The summed E-state index contributed by atoms with van der Waals surface area (Å²) in [5.41, 5.74) is 0.652. The van der Waals surface area contributed by atoms with Crippen LogP contribution in [0.25, 0.3) is 0 Å². The highest BCUT2D eigenvalue weighted by Crippen LogP contribution is 2.19. The first-order valence-corrected chi connectivity index (χ1v) is 8.67. The molecule has 0 radical (unpaired) electrons. The SMILES string of the molecule is CS(=O)(=O)NCC1CCCCN1C(=O)c1ccccc1. The van der Waals surface area contributed by atoms with Gasteiger partial charge in [-0.25, -0.2) is 13.1 Å². The van der Waals surface area contributed by atoms with E-state index in [1.54, 1.807) is 17.0 Å². The molecular formula is C14H20N2O3S. The molecule has 5 nitrogen and oxygen atoms in total. The Morgan fingerprint density at radius 1 is 1.30 bits per heavy atom. The predicted molar refractivity (Wildman–Crippen MR) is 78.0 cm³/mol. The molecule has 1 saturated heterocycles. The highest BCUT2D eigenvalue weighted by atomic mass is 32.2. The zero-order valence-corrected chi connectivity index (χ0v) is 12.4. The molecule has 0 aliphatic carbocycles. The Balaban J connectivity index is 2.09. The lowest BCUT2D eigenvalue weighted by Crippen LogP contribution is -2.49. The van der Waals surface area contributed by atoms with Gasteiger partial charge in [-0.1, -0.05) is 18.2 Å². The first-order chi connectivity index (χ1) is 9.47. The van der Waals surface area contributed by atoms with Crippen molar-refractivity contribution in [2.45, 2.75) is 25.3 Å².